The minimum atomic E-state index is -1.90. The van der Waals surface area contributed by atoms with E-state index in [1.807, 2.05) is 6.92 Å². The van der Waals surface area contributed by atoms with Crippen LogP contribution in [0.1, 0.15) is 41.0 Å². The highest BCUT2D eigenvalue weighted by atomic mass is 28.4. The highest BCUT2D eigenvalue weighted by molar-refractivity contribution is 6.74. The molecule has 3 atom stereocenters. The van der Waals surface area contributed by atoms with Gasteiger partial charge in [0.25, 0.3) is 0 Å². The van der Waals surface area contributed by atoms with Crippen LogP contribution in [0.25, 0.3) is 0 Å². The van der Waals surface area contributed by atoms with Crippen LogP contribution in [0.2, 0.25) is 18.1 Å². The van der Waals surface area contributed by atoms with Crippen molar-refractivity contribution in [3.8, 4) is 0 Å². The summed E-state index contributed by atoms with van der Waals surface area (Å²) in [5, 5.41) is 0.122. The second-order valence-electron chi connectivity index (χ2n) is 6.54. The van der Waals surface area contributed by atoms with Gasteiger partial charge >= 0.3 is 5.97 Å². The number of ether oxygens (including phenoxy) is 1. The van der Waals surface area contributed by atoms with Gasteiger partial charge in [-0.2, -0.15) is 0 Å². The Morgan fingerprint density at radius 2 is 1.88 bits per heavy atom. The van der Waals surface area contributed by atoms with Crippen molar-refractivity contribution in [2.45, 2.75) is 71.4 Å². The Hall–Kier alpha value is -0.353. The number of cyclic esters (lactones) is 1. The maximum atomic E-state index is 11.8. The minimum Gasteiger partial charge on any atom is -0.460 e. The fourth-order valence-corrected chi connectivity index (χ4v) is 3.14. The summed E-state index contributed by atoms with van der Waals surface area (Å²) in [7, 11) is -1.90. The summed E-state index contributed by atoms with van der Waals surface area (Å²) in [6.07, 6.45) is 0.530. The third-order valence-electron chi connectivity index (χ3n) is 4.19. The Morgan fingerprint density at radius 3 is 2.24 bits per heavy atom. The lowest BCUT2D eigenvalue weighted by Gasteiger charge is -2.38. The molecular weight excluding hydrogens is 232 g/mol. The van der Waals surface area contributed by atoms with E-state index in [0.717, 1.165) is 6.42 Å². The average Bonchev–Trinajstić information content (AvgIpc) is 2.43. The van der Waals surface area contributed by atoms with Gasteiger partial charge < -0.3 is 9.16 Å². The molecule has 0 radical (unpaired) electrons. The predicted octanol–water partition coefficient (Wildman–Crippen LogP) is 3.35. The SMILES string of the molecule is CC[C@H]1OC(=O)[C@@H](O[Si](C)(C)C(C)(C)C)C1C. The van der Waals surface area contributed by atoms with Gasteiger partial charge in [0.05, 0.1) is 0 Å². The van der Waals surface area contributed by atoms with Gasteiger partial charge in [-0.05, 0) is 24.6 Å². The van der Waals surface area contributed by atoms with Crippen molar-refractivity contribution in [2.75, 3.05) is 0 Å². The molecule has 0 aromatic carbocycles. The normalized spacial score (nSPS) is 30.5. The highest BCUT2D eigenvalue weighted by Gasteiger charge is 2.47. The molecule has 1 aliphatic rings. The molecule has 0 aromatic heterocycles. The molecule has 0 aromatic rings. The molecule has 0 N–H and O–H groups in total. The molecule has 0 bridgehead atoms. The van der Waals surface area contributed by atoms with Gasteiger partial charge in [-0.15, -0.1) is 0 Å². The zero-order valence-corrected chi connectivity index (χ0v) is 13.2. The molecule has 1 saturated heterocycles. The standard InChI is InChI=1S/C13H26O3Si/c1-8-10-9(2)11(12(14)15-10)16-17(6,7)13(3,4)5/h9-11H,8H2,1-7H3/t9?,10-,11+/m1/s1. The number of carbonyl (C=O) groups excluding carboxylic acids is 1. The predicted molar refractivity (Wildman–Crippen MR) is 71.4 cm³/mol. The summed E-state index contributed by atoms with van der Waals surface area (Å²) < 4.78 is 11.5. The number of esters is 1. The quantitative estimate of drug-likeness (QED) is 0.575. The Kier molecular flexibility index (Phi) is 4.09. The van der Waals surface area contributed by atoms with Crippen LogP contribution >= 0.6 is 0 Å². The van der Waals surface area contributed by atoms with E-state index in [1.54, 1.807) is 0 Å². The van der Waals surface area contributed by atoms with Crippen molar-refractivity contribution in [1.29, 1.82) is 0 Å². The summed E-state index contributed by atoms with van der Waals surface area (Å²) in [4.78, 5) is 11.8. The summed E-state index contributed by atoms with van der Waals surface area (Å²) in [5.74, 6) is -0.00389. The van der Waals surface area contributed by atoms with Crippen molar-refractivity contribution in [2.24, 2.45) is 5.92 Å². The largest absolute Gasteiger partial charge is 0.460 e. The van der Waals surface area contributed by atoms with Gasteiger partial charge in [0, 0.05) is 5.92 Å². The van der Waals surface area contributed by atoms with Gasteiger partial charge in [-0.1, -0.05) is 34.6 Å². The van der Waals surface area contributed by atoms with Crippen LogP contribution in [0.4, 0.5) is 0 Å². The van der Waals surface area contributed by atoms with Gasteiger partial charge in [-0.3, -0.25) is 0 Å². The van der Waals surface area contributed by atoms with Crippen LogP contribution in [0.5, 0.6) is 0 Å². The minimum absolute atomic E-state index is 0.0252. The Labute approximate surface area is 106 Å². The van der Waals surface area contributed by atoms with E-state index in [0.29, 0.717) is 0 Å². The van der Waals surface area contributed by atoms with E-state index >= 15 is 0 Å². The molecule has 0 aliphatic carbocycles. The second-order valence-corrected chi connectivity index (χ2v) is 11.3. The summed E-state index contributed by atoms with van der Waals surface area (Å²) >= 11 is 0. The smallest absolute Gasteiger partial charge is 0.334 e. The molecule has 100 valence electrons. The van der Waals surface area contributed by atoms with Gasteiger partial charge in [0.15, 0.2) is 8.32 Å². The Morgan fingerprint density at radius 1 is 1.35 bits per heavy atom. The fraction of sp³-hybridized carbons (Fsp3) is 0.923. The molecule has 0 saturated carbocycles. The molecule has 1 fully saturated rings. The maximum Gasteiger partial charge on any atom is 0.334 e. The fourth-order valence-electron chi connectivity index (χ4n) is 1.84. The van der Waals surface area contributed by atoms with Crippen LogP contribution in [-0.2, 0) is 14.0 Å². The van der Waals surface area contributed by atoms with E-state index in [4.69, 9.17) is 9.16 Å². The highest BCUT2D eigenvalue weighted by Crippen LogP contribution is 2.40. The first-order valence-electron chi connectivity index (χ1n) is 6.48. The first-order valence-corrected chi connectivity index (χ1v) is 9.39. The van der Waals surface area contributed by atoms with Crippen LogP contribution < -0.4 is 0 Å². The first-order chi connectivity index (χ1) is 7.60. The van der Waals surface area contributed by atoms with E-state index in [-0.39, 0.29) is 29.1 Å². The molecule has 3 nitrogen and oxygen atoms in total. The Bertz CT molecular complexity index is 294. The van der Waals surface area contributed by atoms with Crippen LogP contribution in [0, 0.1) is 5.92 Å². The topological polar surface area (TPSA) is 35.5 Å². The lowest BCUT2D eigenvalue weighted by atomic mass is 10.00. The Balaban J connectivity index is 2.79. The number of rotatable bonds is 3. The van der Waals surface area contributed by atoms with Gasteiger partial charge in [0.1, 0.15) is 12.2 Å². The van der Waals surface area contributed by atoms with E-state index in [2.05, 4.69) is 40.8 Å². The number of carbonyl (C=O) groups is 1. The average molecular weight is 258 g/mol. The van der Waals surface area contributed by atoms with Crippen LogP contribution in [0.3, 0.4) is 0 Å². The number of hydrogen-bond acceptors (Lipinski definition) is 3. The molecule has 17 heavy (non-hydrogen) atoms. The summed E-state index contributed by atoms with van der Waals surface area (Å²) in [6, 6.07) is 0. The zero-order chi connectivity index (χ0) is 13.4. The van der Waals surface area contributed by atoms with Crippen molar-refractivity contribution < 1.29 is 14.0 Å². The van der Waals surface area contributed by atoms with Gasteiger partial charge in [-0.25, -0.2) is 4.79 Å². The molecule has 0 spiro atoms. The van der Waals surface area contributed by atoms with Crippen molar-refractivity contribution in [3.63, 3.8) is 0 Å². The molecule has 1 heterocycles. The summed E-state index contributed by atoms with van der Waals surface area (Å²) in [6.45, 7) is 15.0. The molecule has 1 rings (SSSR count). The maximum absolute atomic E-state index is 11.8. The second kappa shape index (κ2) is 4.73. The van der Waals surface area contributed by atoms with Crippen LogP contribution in [-0.4, -0.2) is 26.5 Å². The number of hydrogen-bond donors (Lipinski definition) is 0. The van der Waals surface area contributed by atoms with Crippen LogP contribution in [0.15, 0.2) is 0 Å². The lowest BCUT2D eigenvalue weighted by molar-refractivity contribution is -0.146. The summed E-state index contributed by atoms with van der Waals surface area (Å²) in [5.41, 5.74) is 0. The molecule has 1 aliphatic heterocycles. The first kappa shape index (κ1) is 14.7. The van der Waals surface area contributed by atoms with Crippen molar-refractivity contribution >= 4 is 14.3 Å². The van der Waals surface area contributed by atoms with E-state index in [9.17, 15) is 4.79 Å². The van der Waals surface area contributed by atoms with Crippen molar-refractivity contribution in [3.05, 3.63) is 0 Å². The third-order valence-corrected chi connectivity index (χ3v) is 8.65. The van der Waals surface area contributed by atoms with E-state index in [1.165, 1.54) is 0 Å². The lowest BCUT2D eigenvalue weighted by Crippen LogP contribution is -2.46. The zero-order valence-electron chi connectivity index (χ0n) is 12.2. The monoisotopic (exact) mass is 258 g/mol. The third kappa shape index (κ3) is 2.91. The molecule has 4 heteroatoms. The van der Waals surface area contributed by atoms with E-state index < -0.39 is 8.32 Å². The van der Waals surface area contributed by atoms with Gasteiger partial charge in [0.2, 0.25) is 0 Å². The van der Waals surface area contributed by atoms with Crippen molar-refractivity contribution in [1.82, 2.24) is 0 Å². The molecule has 0 amide bonds. The molecule has 1 unspecified atom stereocenters. The molecular formula is C13H26O3Si.